The van der Waals surface area contributed by atoms with Crippen LogP contribution in [0.5, 0.6) is 5.75 Å². The van der Waals surface area contributed by atoms with E-state index in [0.717, 1.165) is 25.0 Å². The van der Waals surface area contributed by atoms with Crippen molar-refractivity contribution in [3.05, 3.63) is 29.3 Å². The standard InChI is InChI=1S/C19H28O2/c1-19(2,3)15-8-10-17(20)18(12-15)21-16-9-7-13-5-4-6-14(13)11-16/h7,9,11,15,17-18,20H,4-6,8,10,12H2,1-3H3. The largest absolute Gasteiger partial charge is 0.488 e. The summed E-state index contributed by atoms with van der Waals surface area (Å²) in [5, 5.41) is 10.3. The third kappa shape index (κ3) is 3.26. The number of aliphatic hydroxyl groups excluding tert-OH is 1. The number of aliphatic hydroxyl groups is 1. The smallest absolute Gasteiger partial charge is 0.125 e. The third-order valence-electron chi connectivity index (χ3n) is 5.34. The van der Waals surface area contributed by atoms with Gasteiger partial charge in [0.2, 0.25) is 0 Å². The van der Waals surface area contributed by atoms with Crippen molar-refractivity contribution < 1.29 is 9.84 Å². The van der Waals surface area contributed by atoms with Gasteiger partial charge in [-0.15, -0.1) is 0 Å². The molecule has 1 saturated carbocycles. The van der Waals surface area contributed by atoms with Crippen LogP contribution in [-0.4, -0.2) is 17.3 Å². The fraction of sp³-hybridized carbons (Fsp3) is 0.684. The summed E-state index contributed by atoms with van der Waals surface area (Å²) in [6.07, 6.45) is 6.18. The Hall–Kier alpha value is -1.02. The molecule has 2 aliphatic rings. The Bertz CT molecular complexity index is 501. The summed E-state index contributed by atoms with van der Waals surface area (Å²) in [6, 6.07) is 6.47. The minimum atomic E-state index is -0.322. The summed E-state index contributed by atoms with van der Waals surface area (Å²) in [5.74, 6) is 1.56. The van der Waals surface area contributed by atoms with E-state index in [2.05, 4.69) is 39.0 Å². The highest BCUT2D eigenvalue weighted by molar-refractivity contribution is 5.38. The van der Waals surface area contributed by atoms with Crippen molar-refractivity contribution in [2.24, 2.45) is 11.3 Å². The highest BCUT2D eigenvalue weighted by atomic mass is 16.5. The van der Waals surface area contributed by atoms with Gasteiger partial charge in [0.15, 0.2) is 0 Å². The molecule has 3 unspecified atom stereocenters. The molecule has 1 fully saturated rings. The van der Waals surface area contributed by atoms with Gasteiger partial charge in [0.05, 0.1) is 6.10 Å². The molecule has 1 aromatic carbocycles. The van der Waals surface area contributed by atoms with Gasteiger partial charge in [0.25, 0.3) is 0 Å². The second-order valence-electron chi connectivity index (χ2n) is 7.88. The van der Waals surface area contributed by atoms with Crippen molar-refractivity contribution in [3.8, 4) is 5.75 Å². The molecule has 116 valence electrons. The average Bonchev–Trinajstić information content (AvgIpc) is 2.87. The molecule has 3 atom stereocenters. The van der Waals surface area contributed by atoms with Crippen molar-refractivity contribution in [2.45, 2.75) is 71.5 Å². The molecule has 0 aromatic heterocycles. The Morgan fingerprint density at radius 2 is 1.86 bits per heavy atom. The van der Waals surface area contributed by atoms with Crippen LogP contribution in [0.15, 0.2) is 18.2 Å². The molecule has 1 aromatic rings. The predicted octanol–water partition coefficient (Wildman–Crippen LogP) is 4.13. The molecule has 21 heavy (non-hydrogen) atoms. The Morgan fingerprint density at radius 3 is 2.62 bits per heavy atom. The van der Waals surface area contributed by atoms with Gasteiger partial charge in [0.1, 0.15) is 11.9 Å². The number of hydrogen-bond donors (Lipinski definition) is 1. The highest BCUT2D eigenvalue weighted by Gasteiger charge is 2.36. The number of ether oxygens (including phenoxy) is 1. The molecule has 0 amide bonds. The van der Waals surface area contributed by atoms with Crippen LogP contribution in [0.4, 0.5) is 0 Å². The maximum atomic E-state index is 10.3. The number of rotatable bonds is 2. The molecule has 0 radical (unpaired) electrons. The van der Waals surface area contributed by atoms with Crippen LogP contribution in [0.2, 0.25) is 0 Å². The summed E-state index contributed by atoms with van der Waals surface area (Å²) in [5.41, 5.74) is 3.20. The fourth-order valence-electron chi connectivity index (χ4n) is 3.82. The number of hydrogen-bond acceptors (Lipinski definition) is 2. The van der Waals surface area contributed by atoms with E-state index in [1.165, 1.54) is 30.4 Å². The monoisotopic (exact) mass is 288 g/mol. The molecule has 1 N–H and O–H groups in total. The van der Waals surface area contributed by atoms with Crippen molar-refractivity contribution in [3.63, 3.8) is 0 Å². The van der Waals surface area contributed by atoms with Crippen LogP contribution in [0.1, 0.15) is 57.6 Å². The first kappa shape index (κ1) is 14.9. The topological polar surface area (TPSA) is 29.5 Å². The normalized spacial score (nSPS) is 29.2. The van der Waals surface area contributed by atoms with Crippen LogP contribution in [0.3, 0.4) is 0 Å². The predicted molar refractivity (Wildman–Crippen MR) is 85.7 cm³/mol. The summed E-state index contributed by atoms with van der Waals surface area (Å²) >= 11 is 0. The van der Waals surface area contributed by atoms with E-state index in [-0.39, 0.29) is 12.2 Å². The van der Waals surface area contributed by atoms with Crippen LogP contribution >= 0.6 is 0 Å². The van der Waals surface area contributed by atoms with Gasteiger partial charge in [-0.2, -0.15) is 0 Å². The van der Waals surface area contributed by atoms with Crippen LogP contribution in [0, 0.1) is 11.3 Å². The van der Waals surface area contributed by atoms with E-state index in [0.29, 0.717) is 11.3 Å². The van der Waals surface area contributed by atoms with E-state index in [1.807, 2.05) is 0 Å². The van der Waals surface area contributed by atoms with E-state index in [4.69, 9.17) is 4.74 Å². The molecular weight excluding hydrogens is 260 g/mol. The average molecular weight is 288 g/mol. The molecule has 0 bridgehead atoms. The Labute approximate surface area is 128 Å². The van der Waals surface area contributed by atoms with Crippen molar-refractivity contribution in [1.82, 2.24) is 0 Å². The molecule has 3 rings (SSSR count). The third-order valence-corrected chi connectivity index (χ3v) is 5.34. The molecule has 0 aliphatic heterocycles. The number of aryl methyl sites for hydroxylation is 2. The second-order valence-corrected chi connectivity index (χ2v) is 7.88. The lowest BCUT2D eigenvalue weighted by molar-refractivity contribution is -0.0297. The minimum Gasteiger partial charge on any atom is -0.488 e. The van der Waals surface area contributed by atoms with Crippen LogP contribution in [-0.2, 0) is 12.8 Å². The van der Waals surface area contributed by atoms with E-state index >= 15 is 0 Å². The highest BCUT2D eigenvalue weighted by Crippen LogP contribution is 2.39. The number of fused-ring (bicyclic) bond motifs is 1. The van der Waals surface area contributed by atoms with Crippen molar-refractivity contribution >= 4 is 0 Å². The first-order valence-electron chi connectivity index (χ1n) is 8.40. The Balaban J connectivity index is 1.70. The van der Waals surface area contributed by atoms with E-state index in [9.17, 15) is 5.11 Å². The molecular formula is C19H28O2. The first-order chi connectivity index (χ1) is 9.93. The molecule has 2 aliphatic carbocycles. The maximum absolute atomic E-state index is 10.3. The van der Waals surface area contributed by atoms with Crippen molar-refractivity contribution in [2.75, 3.05) is 0 Å². The van der Waals surface area contributed by atoms with Crippen LogP contribution < -0.4 is 4.74 Å². The Kier molecular flexibility index (Phi) is 4.00. The zero-order valence-electron chi connectivity index (χ0n) is 13.6. The zero-order chi connectivity index (χ0) is 15.0. The lowest BCUT2D eigenvalue weighted by Gasteiger charge is -2.40. The van der Waals surface area contributed by atoms with Gasteiger partial charge >= 0.3 is 0 Å². The first-order valence-corrected chi connectivity index (χ1v) is 8.40. The summed E-state index contributed by atoms with van der Waals surface area (Å²) < 4.78 is 6.17. The summed E-state index contributed by atoms with van der Waals surface area (Å²) in [7, 11) is 0. The van der Waals surface area contributed by atoms with E-state index in [1.54, 1.807) is 0 Å². The van der Waals surface area contributed by atoms with Gasteiger partial charge in [-0.1, -0.05) is 26.8 Å². The molecule has 0 saturated heterocycles. The lowest BCUT2D eigenvalue weighted by atomic mass is 9.71. The molecule has 0 heterocycles. The number of benzene rings is 1. The SMILES string of the molecule is CC(C)(C)C1CCC(O)C(Oc2ccc3c(c2)CCC3)C1. The Morgan fingerprint density at radius 1 is 1.10 bits per heavy atom. The van der Waals surface area contributed by atoms with Gasteiger partial charge in [0, 0.05) is 0 Å². The zero-order valence-corrected chi connectivity index (χ0v) is 13.6. The summed E-state index contributed by atoms with van der Waals surface area (Å²) in [4.78, 5) is 0. The van der Waals surface area contributed by atoms with Gasteiger partial charge < -0.3 is 9.84 Å². The van der Waals surface area contributed by atoms with Gasteiger partial charge in [-0.05, 0) is 73.1 Å². The molecule has 2 nitrogen and oxygen atoms in total. The van der Waals surface area contributed by atoms with Crippen LogP contribution in [0.25, 0.3) is 0 Å². The quantitative estimate of drug-likeness (QED) is 0.886. The van der Waals surface area contributed by atoms with E-state index < -0.39 is 0 Å². The lowest BCUT2D eigenvalue weighted by Crippen LogP contribution is -2.41. The maximum Gasteiger partial charge on any atom is 0.125 e. The van der Waals surface area contributed by atoms with Crippen molar-refractivity contribution in [1.29, 1.82) is 0 Å². The van der Waals surface area contributed by atoms with Gasteiger partial charge in [-0.3, -0.25) is 0 Å². The van der Waals surface area contributed by atoms with Gasteiger partial charge in [-0.25, -0.2) is 0 Å². The summed E-state index contributed by atoms with van der Waals surface area (Å²) in [6.45, 7) is 6.88. The second kappa shape index (κ2) is 5.64. The molecule has 0 spiro atoms. The molecule has 2 heteroatoms. The fourth-order valence-corrected chi connectivity index (χ4v) is 3.82. The minimum absolute atomic E-state index is 0.0533.